The molecule has 0 aliphatic carbocycles. The number of hydrogen-bond donors (Lipinski definition) is 1. The first kappa shape index (κ1) is 10.1. The molecule has 1 N–H and O–H groups in total. The fraction of sp³-hybridized carbons (Fsp3) is 0. The van der Waals surface area contributed by atoms with Gasteiger partial charge in [0.05, 0.1) is 5.56 Å². The molecule has 0 fully saturated rings. The van der Waals surface area contributed by atoms with Crippen molar-refractivity contribution in [1.29, 1.82) is 0 Å². The number of rotatable bonds is 1. The molecule has 2 rings (SSSR count). The Kier molecular flexibility index (Phi) is 2.44. The minimum atomic E-state index is -1.03. The van der Waals surface area contributed by atoms with Crippen LogP contribution in [0.3, 0.4) is 0 Å². The lowest BCUT2D eigenvalue weighted by Gasteiger charge is -2.03. The van der Waals surface area contributed by atoms with Crippen molar-refractivity contribution in [2.75, 3.05) is 0 Å². The summed E-state index contributed by atoms with van der Waals surface area (Å²) in [7, 11) is 0. The molecule has 0 saturated carbocycles. The monoisotopic (exact) mass is 268 g/mol. The molecule has 0 heterocycles. The number of carboxylic acids is 1. The molecule has 15 heavy (non-hydrogen) atoms. The molecule has 0 unspecified atom stereocenters. The number of carbonyl (C=O) groups is 1. The van der Waals surface area contributed by atoms with Gasteiger partial charge in [0.1, 0.15) is 5.82 Å². The van der Waals surface area contributed by atoms with Gasteiger partial charge >= 0.3 is 5.97 Å². The maximum Gasteiger partial charge on any atom is 0.335 e. The molecule has 0 aromatic heterocycles. The summed E-state index contributed by atoms with van der Waals surface area (Å²) in [5, 5.41) is 10.2. The second kappa shape index (κ2) is 3.62. The lowest BCUT2D eigenvalue weighted by atomic mass is 10.1. The van der Waals surface area contributed by atoms with Crippen LogP contribution in [-0.2, 0) is 0 Å². The minimum Gasteiger partial charge on any atom is -0.478 e. The summed E-state index contributed by atoms with van der Waals surface area (Å²) in [6.45, 7) is 0. The maximum atomic E-state index is 12.9. The molecule has 0 bridgehead atoms. The molecule has 0 atom stereocenters. The van der Waals surface area contributed by atoms with E-state index in [1.54, 1.807) is 6.07 Å². The third-order valence-corrected chi connectivity index (χ3v) is 2.77. The van der Waals surface area contributed by atoms with Crippen molar-refractivity contribution in [3.05, 3.63) is 46.2 Å². The molecule has 0 radical (unpaired) electrons. The predicted octanol–water partition coefficient (Wildman–Crippen LogP) is 3.44. The van der Waals surface area contributed by atoms with Crippen LogP contribution in [0.1, 0.15) is 10.4 Å². The predicted molar refractivity (Wildman–Crippen MR) is 58.6 cm³/mol. The number of halogens is 2. The topological polar surface area (TPSA) is 37.3 Å². The third kappa shape index (κ3) is 1.85. The first-order valence-electron chi connectivity index (χ1n) is 4.20. The molecule has 2 aromatic carbocycles. The first-order valence-corrected chi connectivity index (χ1v) is 4.99. The Morgan fingerprint density at radius 1 is 1.27 bits per heavy atom. The summed E-state index contributed by atoms with van der Waals surface area (Å²) in [5.74, 6) is -1.40. The highest BCUT2D eigenvalue weighted by atomic mass is 79.9. The smallest absolute Gasteiger partial charge is 0.335 e. The number of hydrogen-bond acceptors (Lipinski definition) is 1. The van der Waals surface area contributed by atoms with E-state index >= 15 is 0 Å². The zero-order valence-electron chi connectivity index (χ0n) is 7.50. The highest BCUT2D eigenvalue weighted by Gasteiger charge is 2.07. The van der Waals surface area contributed by atoms with Crippen molar-refractivity contribution in [2.24, 2.45) is 0 Å². The van der Waals surface area contributed by atoms with Crippen LogP contribution in [0, 0.1) is 5.82 Å². The van der Waals surface area contributed by atoms with Crippen molar-refractivity contribution in [1.82, 2.24) is 0 Å². The van der Waals surface area contributed by atoms with Gasteiger partial charge in [-0.05, 0) is 35.0 Å². The van der Waals surface area contributed by atoms with E-state index in [2.05, 4.69) is 15.9 Å². The van der Waals surface area contributed by atoms with E-state index in [1.807, 2.05) is 0 Å². The summed E-state index contributed by atoms with van der Waals surface area (Å²) >= 11 is 3.25. The fourth-order valence-electron chi connectivity index (χ4n) is 1.42. The van der Waals surface area contributed by atoms with Crippen LogP contribution in [-0.4, -0.2) is 11.1 Å². The zero-order chi connectivity index (χ0) is 11.0. The number of aromatic carboxylic acids is 1. The van der Waals surface area contributed by atoms with Crippen LogP contribution >= 0.6 is 15.9 Å². The highest BCUT2D eigenvalue weighted by Crippen LogP contribution is 2.26. The van der Waals surface area contributed by atoms with Crippen LogP contribution in [0.4, 0.5) is 4.39 Å². The van der Waals surface area contributed by atoms with E-state index in [1.165, 1.54) is 24.3 Å². The number of fused-ring (bicyclic) bond motifs is 1. The Hall–Kier alpha value is -1.42. The quantitative estimate of drug-likeness (QED) is 0.861. The van der Waals surface area contributed by atoms with Gasteiger partial charge in [0.15, 0.2) is 0 Å². The Bertz CT molecular complexity index is 552. The summed E-state index contributed by atoms with van der Waals surface area (Å²) in [6.07, 6.45) is 0. The van der Waals surface area contributed by atoms with Crippen LogP contribution < -0.4 is 0 Å². The van der Waals surface area contributed by atoms with Crippen molar-refractivity contribution in [3.63, 3.8) is 0 Å². The van der Waals surface area contributed by atoms with Gasteiger partial charge in [-0.1, -0.05) is 22.0 Å². The lowest BCUT2D eigenvalue weighted by Crippen LogP contribution is -1.96. The zero-order valence-corrected chi connectivity index (χ0v) is 9.08. The summed E-state index contributed by atoms with van der Waals surface area (Å²) in [6, 6.07) is 7.22. The van der Waals surface area contributed by atoms with Crippen LogP contribution in [0.2, 0.25) is 0 Å². The van der Waals surface area contributed by atoms with Crippen molar-refractivity contribution < 1.29 is 14.3 Å². The van der Waals surface area contributed by atoms with Gasteiger partial charge in [0.25, 0.3) is 0 Å². The van der Waals surface area contributed by atoms with Crippen LogP contribution in [0.25, 0.3) is 10.8 Å². The van der Waals surface area contributed by atoms with Gasteiger partial charge in [-0.15, -0.1) is 0 Å². The van der Waals surface area contributed by atoms with Crippen molar-refractivity contribution in [2.45, 2.75) is 0 Å². The summed E-state index contributed by atoms with van der Waals surface area (Å²) in [4.78, 5) is 10.8. The highest BCUT2D eigenvalue weighted by molar-refractivity contribution is 9.10. The molecule has 0 spiro atoms. The van der Waals surface area contributed by atoms with Gasteiger partial charge in [-0.2, -0.15) is 0 Å². The maximum absolute atomic E-state index is 12.9. The molecule has 2 aromatic rings. The first-order chi connectivity index (χ1) is 7.08. The Balaban J connectivity index is 2.79. The van der Waals surface area contributed by atoms with Crippen molar-refractivity contribution >= 4 is 32.7 Å². The number of benzene rings is 2. The Labute approximate surface area is 93.5 Å². The lowest BCUT2D eigenvalue weighted by molar-refractivity contribution is 0.0697. The molecule has 0 saturated heterocycles. The summed E-state index contributed by atoms with van der Waals surface area (Å²) in [5.41, 5.74) is 0.139. The Morgan fingerprint density at radius 3 is 2.67 bits per heavy atom. The Morgan fingerprint density at radius 2 is 2.00 bits per heavy atom. The largest absolute Gasteiger partial charge is 0.478 e. The molecular formula is C11H6BrFO2. The van der Waals surface area contributed by atoms with E-state index in [0.29, 0.717) is 9.86 Å². The van der Waals surface area contributed by atoms with E-state index < -0.39 is 5.97 Å². The van der Waals surface area contributed by atoms with Gasteiger partial charge < -0.3 is 5.11 Å². The fourth-order valence-corrected chi connectivity index (χ4v) is 2.03. The molecule has 0 aliphatic rings. The van der Waals surface area contributed by atoms with Gasteiger partial charge in [0, 0.05) is 4.47 Å². The van der Waals surface area contributed by atoms with Crippen LogP contribution in [0.5, 0.6) is 0 Å². The molecule has 2 nitrogen and oxygen atoms in total. The minimum absolute atomic E-state index is 0.139. The normalized spacial score (nSPS) is 10.5. The van der Waals surface area contributed by atoms with Gasteiger partial charge in [0.2, 0.25) is 0 Å². The molecule has 0 aliphatic heterocycles. The number of carboxylic acid groups (broad SMARTS) is 1. The molecule has 76 valence electrons. The SMILES string of the molecule is O=C(O)c1cc(Br)c2ccc(F)cc2c1. The van der Waals surface area contributed by atoms with E-state index in [0.717, 1.165) is 5.39 Å². The van der Waals surface area contributed by atoms with Gasteiger partial charge in [-0.25, -0.2) is 9.18 Å². The molecule has 0 amide bonds. The standard InChI is InChI=1S/C11H6BrFO2/c12-10-5-7(11(14)15)3-6-4-8(13)1-2-9(6)10/h1-5H,(H,14,15). The van der Waals surface area contributed by atoms with E-state index in [-0.39, 0.29) is 11.4 Å². The van der Waals surface area contributed by atoms with Gasteiger partial charge in [-0.3, -0.25) is 0 Å². The van der Waals surface area contributed by atoms with E-state index in [9.17, 15) is 9.18 Å². The summed E-state index contributed by atoms with van der Waals surface area (Å²) < 4.78 is 13.6. The van der Waals surface area contributed by atoms with Crippen molar-refractivity contribution in [3.8, 4) is 0 Å². The third-order valence-electron chi connectivity index (χ3n) is 2.11. The second-order valence-electron chi connectivity index (χ2n) is 3.13. The molecular weight excluding hydrogens is 263 g/mol. The second-order valence-corrected chi connectivity index (χ2v) is 3.98. The molecule has 4 heteroatoms. The average molecular weight is 269 g/mol. The van der Waals surface area contributed by atoms with E-state index in [4.69, 9.17) is 5.11 Å². The average Bonchev–Trinajstić information content (AvgIpc) is 2.16. The van der Waals surface area contributed by atoms with Crippen LogP contribution in [0.15, 0.2) is 34.8 Å².